The van der Waals surface area contributed by atoms with E-state index in [-0.39, 0.29) is 6.04 Å². The maximum absolute atomic E-state index is 13.0. The summed E-state index contributed by atoms with van der Waals surface area (Å²) in [5, 5.41) is 15.6. The summed E-state index contributed by atoms with van der Waals surface area (Å²) in [5.74, 6) is 0.841. The smallest absolute Gasteiger partial charge is 0.408 e. The second-order valence-corrected chi connectivity index (χ2v) is 9.18. The number of likely N-dealkylation sites (tertiary alicyclic amines) is 1. The molecule has 1 N–H and O–H groups in total. The summed E-state index contributed by atoms with van der Waals surface area (Å²) >= 11 is 0. The summed E-state index contributed by atoms with van der Waals surface area (Å²) in [6.07, 6.45) is -0.648. The number of nitrogens with zero attached hydrogens (tertiary/aromatic N) is 7. The topological polar surface area (TPSA) is 94.6 Å². The molecule has 1 aromatic carbocycles. The van der Waals surface area contributed by atoms with Gasteiger partial charge in [-0.15, -0.1) is 10.2 Å². The van der Waals surface area contributed by atoms with Gasteiger partial charge in [-0.3, -0.25) is 4.90 Å². The van der Waals surface area contributed by atoms with Crippen LogP contribution >= 0.6 is 0 Å². The Morgan fingerprint density at radius 2 is 1.97 bits per heavy atom. The van der Waals surface area contributed by atoms with Crippen LogP contribution in [0, 0.1) is 0 Å². The van der Waals surface area contributed by atoms with Crippen molar-refractivity contribution in [3.63, 3.8) is 0 Å². The molecule has 0 aliphatic carbocycles. The summed E-state index contributed by atoms with van der Waals surface area (Å²) in [6.45, 7) is 2.43. The lowest BCUT2D eigenvalue weighted by molar-refractivity contribution is -0.142. The Kier molecular flexibility index (Phi) is 5.67. The van der Waals surface area contributed by atoms with Crippen molar-refractivity contribution in [3.8, 4) is 17.0 Å². The van der Waals surface area contributed by atoms with Gasteiger partial charge in [-0.1, -0.05) is 11.3 Å². The van der Waals surface area contributed by atoms with Crippen molar-refractivity contribution in [2.24, 2.45) is 0 Å². The van der Waals surface area contributed by atoms with Gasteiger partial charge in [-0.2, -0.15) is 18.2 Å². The minimum atomic E-state index is -4.40. The second kappa shape index (κ2) is 8.89. The maximum Gasteiger partial charge on any atom is 0.408 e. The number of aromatic nitrogens is 6. The lowest BCUT2D eigenvalue weighted by Gasteiger charge is -2.41. The number of halogens is 3. The zero-order chi connectivity index (χ0) is 24.9. The van der Waals surface area contributed by atoms with Crippen LogP contribution in [0.4, 0.5) is 19.1 Å². The molecule has 10 nitrogen and oxygen atoms in total. The highest BCUT2D eigenvalue weighted by Gasteiger charge is 2.31. The van der Waals surface area contributed by atoms with Gasteiger partial charge in [-0.05, 0) is 36.6 Å². The first-order valence-corrected chi connectivity index (χ1v) is 11.8. The van der Waals surface area contributed by atoms with Gasteiger partial charge in [0.2, 0.25) is 11.8 Å². The fraction of sp³-hybridized carbons (Fsp3) is 0.478. The Morgan fingerprint density at radius 3 is 2.67 bits per heavy atom. The Labute approximate surface area is 204 Å². The van der Waals surface area contributed by atoms with E-state index in [4.69, 9.17) is 9.47 Å². The lowest BCUT2D eigenvalue weighted by Crippen LogP contribution is -2.53. The Hall–Kier alpha value is -3.45. The summed E-state index contributed by atoms with van der Waals surface area (Å²) in [5.41, 5.74) is 2.72. The van der Waals surface area contributed by atoms with Gasteiger partial charge in [0.1, 0.15) is 17.6 Å². The monoisotopic (exact) mass is 502 g/mol. The van der Waals surface area contributed by atoms with E-state index in [1.54, 1.807) is 28.9 Å². The van der Waals surface area contributed by atoms with E-state index in [9.17, 15) is 13.2 Å². The molecule has 0 spiro atoms. The molecule has 0 amide bonds. The maximum atomic E-state index is 13.0. The zero-order valence-corrected chi connectivity index (χ0v) is 19.6. The van der Waals surface area contributed by atoms with Crippen molar-refractivity contribution < 1.29 is 22.6 Å². The molecular formula is C23H25F3N8O2. The predicted octanol–water partition coefficient (Wildman–Crippen LogP) is 2.99. The highest BCUT2D eigenvalue weighted by atomic mass is 19.4. The predicted molar refractivity (Wildman–Crippen MR) is 125 cm³/mol. The van der Waals surface area contributed by atoms with Crippen molar-refractivity contribution in [1.29, 1.82) is 0 Å². The molecule has 2 aliphatic rings. The van der Waals surface area contributed by atoms with Gasteiger partial charge in [-0.25, -0.2) is 9.20 Å². The van der Waals surface area contributed by atoms with Crippen molar-refractivity contribution >= 4 is 22.5 Å². The van der Waals surface area contributed by atoms with Crippen LogP contribution in [0.2, 0.25) is 0 Å². The Morgan fingerprint density at radius 1 is 1.17 bits per heavy atom. The third-order valence-electron chi connectivity index (χ3n) is 6.83. The van der Waals surface area contributed by atoms with E-state index in [1.807, 2.05) is 6.07 Å². The van der Waals surface area contributed by atoms with E-state index in [0.29, 0.717) is 40.0 Å². The second-order valence-electron chi connectivity index (χ2n) is 9.18. The fourth-order valence-electron chi connectivity index (χ4n) is 4.87. The third-order valence-corrected chi connectivity index (χ3v) is 6.83. The number of methoxy groups -OCH3 is 1. The minimum absolute atomic E-state index is 0.253. The van der Waals surface area contributed by atoms with Crippen LogP contribution in [0.15, 0.2) is 30.5 Å². The summed E-state index contributed by atoms with van der Waals surface area (Å²) in [4.78, 5) is 7.06. The summed E-state index contributed by atoms with van der Waals surface area (Å²) in [7, 11) is 1.54. The molecule has 2 fully saturated rings. The molecule has 190 valence electrons. The molecule has 4 aromatic rings. The molecule has 0 atom stereocenters. The molecule has 0 radical (unpaired) electrons. The van der Waals surface area contributed by atoms with Crippen LogP contribution in [0.3, 0.4) is 0 Å². The molecule has 2 aliphatic heterocycles. The van der Waals surface area contributed by atoms with E-state index >= 15 is 0 Å². The van der Waals surface area contributed by atoms with Crippen molar-refractivity contribution in [3.05, 3.63) is 30.5 Å². The van der Waals surface area contributed by atoms with E-state index in [2.05, 4.69) is 30.6 Å². The number of nitrogens with one attached hydrogen (secondary N) is 1. The van der Waals surface area contributed by atoms with Crippen LogP contribution < -0.4 is 10.1 Å². The van der Waals surface area contributed by atoms with Gasteiger partial charge in [0.25, 0.3) is 0 Å². The van der Waals surface area contributed by atoms with Gasteiger partial charge in [0, 0.05) is 30.9 Å². The number of anilines is 1. The van der Waals surface area contributed by atoms with Gasteiger partial charge < -0.3 is 14.8 Å². The average molecular weight is 503 g/mol. The van der Waals surface area contributed by atoms with Gasteiger partial charge >= 0.3 is 6.18 Å². The number of piperidine rings is 1. The first-order valence-electron chi connectivity index (χ1n) is 11.8. The van der Waals surface area contributed by atoms with Crippen LogP contribution in [0.1, 0.15) is 12.8 Å². The number of benzene rings is 1. The third kappa shape index (κ3) is 4.32. The van der Waals surface area contributed by atoms with Crippen molar-refractivity contribution in [1.82, 2.24) is 34.5 Å². The van der Waals surface area contributed by atoms with Gasteiger partial charge in [0.05, 0.1) is 31.9 Å². The number of fused-ring (bicyclic) bond motifs is 2. The molecule has 0 bridgehead atoms. The normalized spacial score (nSPS) is 18.1. The number of rotatable bonds is 6. The molecule has 2 saturated heterocycles. The number of ether oxygens (including phenoxy) is 2. The molecular weight excluding hydrogens is 477 g/mol. The van der Waals surface area contributed by atoms with Crippen LogP contribution in [0.5, 0.6) is 5.88 Å². The molecule has 0 saturated carbocycles. The first-order chi connectivity index (χ1) is 17.4. The van der Waals surface area contributed by atoms with E-state index in [0.717, 1.165) is 49.4 Å². The minimum Gasteiger partial charge on any atom is -0.479 e. The highest BCUT2D eigenvalue weighted by molar-refractivity contribution is 5.89. The number of hydrogen-bond donors (Lipinski definition) is 1. The van der Waals surface area contributed by atoms with Crippen molar-refractivity contribution in [2.45, 2.75) is 37.6 Å². The van der Waals surface area contributed by atoms with Crippen molar-refractivity contribution in [2.75, 3.05) is 38.7 Å². The summed E-state index contributed by atoms with van der Waals surface area (Å²) in [6, 6.07) is 7.72. The zero-order valence-electron chi connectivity index (χ0n) is 19.6. The molecule has 6 rings (SSSR count). The SMILES string of the molecule is COc1nc(NC2CCN(C3COC3)CC2)nn2ccc(-c3ccc4nnn(CC(F)(F)F)c4c3)c12. The van der Waals surface area contributed by atoms with Crippen LogP contribution in [0.25, 0.3) is 27.7 Å². The molecule has 3 aromatic heterocycles. The quantitative estimate of drug-likeness (QED) is 0.430. The van der Waals surface area contributed by atoms with E-state index in [1.165, 1.54) is 7.11 Å². The Balaban J connectivity index is 1.27. The molecule has 0 unspecified atom stereocenters. The molecule has 36 heavy (non-hydrogen) atoms. The summed E-state index contributed by atoms with van der Waals surface area (Å²) < 4.78 is 52.3. The van der Waals surface area contributed by atoms with E-state index < -0.39 is 12.7 Å². The number of hydrogen-bond acceptors (Lipinski definition) is 8. The molecule has 5 heterocycles. The number of alkyl halides is 3. The average Bonchev–Trinajstić information content (AvgIpc) is 3.41. The van der Waals surface area contributed by atoms with Crippen LogP contribution in [-0.4, -0.2) is 86.2 Å². The first kappa shape index (κ1) is 23.0. The lowest BCUT2D eigenvalue weighted by atomic mass is 10.0. The van der Waals surface area contributed by atoms with Crippen LogP contribution in [-0.2, 0) is 11.3 Å². The molecule has 13 heteroatoms. The largest absolute Gasteiger partial charge is 0.479 e. The highest BCUT2D eigenvalue weighted by Crippen LogP contribution is 2.33. The van der Waals surface area contributed by atoms with Gasteiger partial charge in [0.15, 0.2) is 0 Å². The standard InChI is InChI=1S/C23H25F3N8O2/c1-35-21-20-17(14-2-3-18-19(10-14)34(31-29-18)13-23(24,25)26)6-9-33(20)30-22(28-21)27-15-4-7-32(8-5-15)16-11-36-12-16/h2-3,6,9-10,15-16H,4-5,7-8,11-13H2,1H3,(H,27,30). The Bertz CT molecular complexity index is 1390. The fourth-order valence-corrected chi connectivity index (χ4v) is 4.87.